The topological polar surface area (TPSA) is 75.9 Å². The van der Waals surface area contributed by atoms with Crippen LogP contribution in [0.5, 0.6) is 0 Å². The molecule has 1 N–H and O–H groups in total. The van der Waals surface area contributed by atoms with E-state index < -0.39 is 5.92 Å². The van der Waals surface area contributed by atoms with E-state index in [1.165, 1.54) is 6.20 Å². The van der Waals surface area contributed by atoms with Crippen molar-refractivity contribution in [2.45, 2.75) is 62.4 Å². The quantitative estimate of drug-likeness (QED) is 0.800. The van der Waals surface area contributed by atoms with Gasteiger partial charge in [-0.15, -0.1) is 0 Å². The van der Waals surface area contributed by atoms with Crippen molar-refractivity contribution >= 4 is 38.9 Å². The first kappa shape index (κ1) is 18.5. The molecule has 3 aliphatic rings. The lowest BCUT2D eigenvalue weighted by Gasteiger charge is -2.38. The molecule has 1 aliphatic heterocycles. The van der Waals surface area contributed by atoms with Gasteiger partial charge in [-0.1, -0.05) is 23.4 Å². The van der Waals surface area contributed by atoms with Crippen LogP contribution in [0.1, 0.15) is 56.3 Å². The van der Waals surface area contributed by atoms with Crippen molar-refractivity contribution in [1.82, 2.24) is 19.7 Å². The number of hydrogen-bond donors (Lipinski definition) is 1. The Morgan fingerprint density at radius 3 is 2.68 bits per heavy atom. The third kappa shape index (κ3) is 3.16. The van der Waals surface area contributed by atoms with E-state index >= 15 is 0 Å². The van der Waals surface area contributed by atoms with E-state index in [-0.39, 0.29) is 36.4 Å². The lowest BCUT2D eigenvalue weighted by molar-refractivity contribution is -0.0446. The predicted octanol–water partition coefficient (Wildman–Crippen LogP) is 4.07. The molecule has 0 bridgehead atoms. The molecule has 10 heteroatoms. The molecule has 2 fully saturated rings. The Bertz CT molecular complexity index is 996. The van der Waals surface area contributed by atoms with Gasteiger partial charge in [0.25, 0.3) is 5.56 Å². The van der Waals surface area contributed by atoms with E-state index in [0.717, 1.165) is 18.6 Å². The third-order valence-corrected chi connectivity index (χ3v) is 7.60. The molecule has 0 spiro atoms. The van der Waals surface area contributed by atoms with E-state index in [9.17, 15) is 13.6 Å². The first-order chi connectivity index (χ1) is 13.4. The van der Waals surface area contributed by atoms with Gasteiger partial charge in [0.2, 0.25) is 5.92 Å². The number of aliphatic imine (C=N–C) groups is 1. The van der Waals surface area contributed by atoms with Gasteiger partial charge in [0, 0.05) is 24.5 Å². The lowest BCUT2D eigenvalue weighted by atomic mass is 9.69. The molecule has 2 aromatic rings. The summed E-state index contributed by atoms with van der Waals surface area (Å²) in [5.41, 5.74) is 0.280. The van der Waals surface area contributed by atoms with Crippen molar-refractivity contribution in [2.75, 3.05) is 5.75 Å². The van der Waals surface area contributed by atoms with E-state index in [1.54, 1.807) is 16.4 Å². The average molecular weight is 428 g/mol. The third-order valence-electron chi connectivity index (χ3n) is 6.33. The molecule has 2 aliphatic carbocycles. The van der Waals surface area contributed by atoms with E-state index in [4.69, 9.17) is 16.6 Å². The van der Waals surface area contributed by atoms with Crippen LogP contribution >= 0.6 is 23.4 Å². The number of H-pyrrole nitrogens is 1. The van der Waals surface area contributed by atoms with Gasteiger partial charge in [-0.3, -0.25) is 9.79 Å². The summed E-state index contributed by atoms with van der Waals surface area (Å²) in [5, 5.41) is 4.74. The summed E-state index contributed by atoms with van der Waals surface area (Å²) in [7, 11) is 0. The highest BCUT2D eigenvalue weighted by molar-refractivity contribution is 8.17. The van der Waals surface area contributed by atoms with Crippen molar-refractivity contribution in [3.63, 3.8) is 0 Å². The predicted molar refractivity (Wildman–Crippen MR) is 106 cm³/mol. The second-order valence-corrected chi connectivity index (χ2v) is 9.56. The van der Waals surface area contributed by atoms with E-state index in [0.29, 0.717) is 40.1 Å². The second kappa shape index (κ2) is 6.79. The number of nitrogens with zero attached hydrogens (tertiary/aromatic N) is 4. The monoisotopic (exact) mass is 427 g/mol. The Labute approximate surface area is 169 Å². The fraction of sp³-hybridized carbons (Fsp3) is 0.667. The number of alkyl halides is 2. The minimum Gasteiger partial charge on any atom is -0.310 e. The van der Waals surface area contributed by atoms with Crippen LogP contribution in [0, 0.1) is 5.92 Å². The van der Waals surface area contributed by atoms with E-state index in [2.05, 4.69) is 15.1 Å². The summed E-state index contributed by atoms with van der Waals surface area (Å²) in [6, 6.07) is 0.00818. The number of thioether (sulfide) groups is 1. The Hall–Kier alpha value is -1.48. The molecule has 2 saturated carbocycles. The Morgan fingerprint density at radius 1 is 1.25 bits per heavy atom. The first-order valence-corrected chi connectivity index (χ1v) is 11.0. The summed E-state index contributed by atoms with van der Waals surface area (Å²) in [5.74, 6) is -0.641. The number of rotatable bonds is 3. The van der Waals surface area contributed by atoms with Gasteiger partial charge < -0.3 is 4.98 Å². The van der Waals surface area contributed by atoms with Gasteiger partial charge in [0.15, 0.2) is 10.2 Å². The Morgan fingerprint density at radius 2 is 2.04 bits per heavy atom. The largest absolute Gasteiger partial charge is 0.310 e. The molecular weight excluding hydrogens is 408 g/mol. The van der Waals surface area contributed by atoms with Crippen molar-refractivity contribution in [1.29, 1.82) is 0 Å². The normalized spacial score (nSPS) is 30.4. The second-order valence-electron chi connectivity index (χ2n) is 7.97. The summed E-state index contributed by atoms with van der Waals surface area (Å²) < 4.78 is 29.3. The van der Waals surface area contributed by atoms with Crippen LogP contribution in [0.15, 0.2) is 16.0 Å². The fourth-order valence-electron chi connectivity index (χ4n) is 4.57. The van der Waals surface area contributed by atoms with Crippen LogP contribution in [0.3, 0.4) is 0 Å². The minimum absolute atomic E-state index is 0.132. The van der Waals surface area contributed by atoms with Gasteiger partial charge in [-0.2, -0.15) is 5.10 Å². The minimum atomic E-state index is -2.60. The lowest BCUT2D eigenvalue weighted by Crippen LogP contribution is -2.36. The van der Waals surface area contributed by atoms with Crippen LogP contribution in [0.4, 0.5) is 8.78 Å². The summed E-state index contributed by atoms with van der Waals surface area (Å²) >= 11 is 7.57. The van der Waals surface area contributed by atoms with Gasteiger partial charge in [-0.05, 0) is 31.6 Å². The molecule has 150 valence electrons. The molecular formula is C18H20ClF2N5OS. The van der Waals surface area contributed by atoms with Gasteiger partial charge in [0.1, 0.15) is 11.2 Å². The fourth-order valence-corrected chi connectivity index (χ4v) is 5.72. The van der Waals surface area contributed by atoms with Crippen molar-refractivity contribution in [3.8, 4) is 0 Å². The van der Waals surface area contributed by atoms with Gasteiger partial charge in [0.05, 0.1) is 18.3 Å². The average Bonchev–Trinajstić information content (AvgIpc) is 3.21. The summed E-state index contributed by atoms with van der Waals surface area (Å²) in [6.07, 6.45) is 3.83. The van der Waals surface area contributed by atoms with Crippen LogP contribution < -0.4 is 5.56 Å². The molecule has 2 aromatic heterocycles. The smallest absolute Gasteiger partial charge is 0.262 e. The molecule has 28 heavy (non-hydrogen) atoms. The highest BCUT2D eigenvalue weighted by Gasteiger charge is 2.42. The number of fused-ring (bicyclic) bond motifs is 1. The van der Waals surface area contributed by atoms with Gasteiger partial charge in [-0.25, -0.2) is 18.4 Å². The van der Waals surface area contributed by atoms with Gasteiger partial charge >= 0.3 is 0 Å². The van der Waals surface area contributed by atoms with Crippen molar-refractivity contribution < 1.29 is 8.78 Å². The standard InChI is InChI=1S/C18H20ClF2N5OS/c19-17-23-13(8-28-17)10-1-2-11(10)14-24-15-12(16(27)25-14)7-22-26(15)9-3-5-18(20,21)6-4-9/h7,9-11,13H,1-6,8H2,(H,24,25,27)/t10-,11+,13?/m0/s1. The highest BCUT2D eigenvalue weighted by Crippen LogP contribution is 2.46. The van der Waals surface area contributed by atoms with Crippen molar-refractivity contribution in [2.24, 2.45) is 10.9 Å². The SMILES string of the molecule is O=c1[nH]c([C@@H]2CC[C@@H]2C2CSC(Cl)=N2)nc2c1cnn2C1CCC(F)(F)CC1. The number of hydrogen-bond acceptors (Lipinski definition) is 5. The Kier molecular flexibility index (Phi) is 4.50. The molecule has 0 aromatic carbocycles. The van der Waals surface area contributed by atoms with Crippen LogP contribution in [-0.2, 0) is 0 Å². The Balaban J connectivity index is 1.46. The maximum absolute atomic E-state index is 13.5. The first-order valence-electron chi connectivity index (χ1n) is 9.63. The maximum Gasteiger partial charge on any atom is 0.262 e. The van der Waals surface area contributed by atoms with Crippen LogP contribution in [0.25, 0.3) is 11.0 Å². The zero-order valence-electron chi connectivity index (χ0n) is 15.1. The molecule has 0 amide bonds. The molecule has 3 heterocycles. The number of aromatic nitrogens is 4. The van der Waals surface area contributed by atoms with E-state index in [1.807, 2.05) is 0 Å². The highest BCUT2D eigenvalue weighted by atomic mass is 35.5. The zero-order valence-corrected chi connectivity index (χ0v) is 16.6. The number of aromatic amines is 1. The molecule has 1 unspecified atom stereocenters. The molecule has 6 nitrogen and oxygen atoms in total. The molecule has 0 saturated heterocycles. The number of halogens is 3. The van der Waals surface area contributed by atoms with Crippen LogP contribution in [-0.4, -0.2) is 42.0 Å². The molecule has 3 atom stereocenters. The molecule has 0 radical (unpaired) electrons. The summed E-state index contributed by atoms with van der Waals surface area (Å²) in [6.45, 7) is 0. The molecule has 5 rings (SSSR count). The number of nitrogens with one attached hydrogen (secondary N) is 1. The summed E-state index contributed by atoms with van der Waals surface area (Å²) in [4.78, 5) is 24.8. The van der Waals surface area contributed by atoms with Crippen molar-refractivity contribution in [3.05, 3.63) is 22.4 Å². The van der Waals surface area contributed by atoms with Crippen LogP contribution in [0.2, 0.25) is 0 Å². The zero-order chi connectivity index (χ0) is 19.5. The maximum atomic E-state index is 13.5.